The van der Waals surface area contributed by atoms with Crippen LogP contribution in [0.3, 0.4) is 0 Å². The van der Waals surface area contributed by atoms with Crippen LogP contribution in [0, 0.1) is 0 Å². The summed E-state index contributed by atoms with van der Waals surface area (Å²) in [6.45, 7) is 6.26. The van der Waals surface area contributed by atoms with Crippen molar-refractivity contribution in [1.29, 1.82) is 0 Å². The Labute approximate surface area is 165 Å². The average Bonchev–Trinajstić information content (AvgIpc) is 2.54. The molecule has 0 fully saturated rings. The van der Waals surface area contributed by atoms with Gasteiger partial charge in [-0.15, -0.1) is 12.4 Å². The van der Waals surface area contributed by atoms with Gasteiger partial charge in [0.15, 0.2) is 0 Å². The van der Waals surface area contributed by atoms with Crippen molar-refractivity contribution in [2.45, 2.75) is 103 Å². The molecule has 1 unspecified atom stereocenters. The first-order chi connectivity index (χ1) is 11.7. The van der Waals surface area contributed by atoms with Crippen LogP contribution in [0.15, 0.2) is 12.2 Å². The fraction of sp³-hybridized carbons (Fsp3) is 0.909. The summed E-state index contributed by atoms with van der Waals surface area (Å²) >= 11 is 0. The van der Waals surface area contributed by atoms with Gasteiger partial charge in [0.1, 0.15) is 0 Å². The molecular weight excluding hydrogens is 330 g/mol. The highest BCUT2D eigenvalue weighted by Gasteiger charge is 2.08. The molecular formula is C22H46ClNO. The number of ether oxygens (including phenoxy) is 1. The van der Waals surface area contributed by atoms with E-state index in [2.05, 4.69) is 45.0 Å². The molecule has 0 amide bonds. The van der Waals surface area contributed by atoms with Gasteiger partial charge in [-0.25, -0.2) is 0 Å². The zero-order valence-corrected chi connectivity index (χ0v) is 18.4. The second kappa shape index (κ2) is 22.0. The van der Waals surface area contributed by atoms with E-state index in [9.17, 15) is 0 Å². The lowest BCUT2D eigenvalue weighted by Crippen LogP contribution is -2.28. The average molecular weight is 376 g/mol. The minimum absolute atomic E-state index is 0. The topological polar surface area (TPSA) is 12.5 Å². The standard InChI is InChI=1S/C22H45NO.ClH/c1-5-7-8-9-10-11-12-13-14-15-16-17-18-19-20-22(24-6-2)21-23(3)4;/h13-14,22H,5-12,15-21H2,1-4H3;1H/b14-13-;. The molecule has 0 saturated carbocycles. The van der Waals surface area contributed by atoms with Gasteiger partial charge in [0.2, 0.25) is 0 Å². The Bertz CT molecular complexity index is 269. The number of hydrogen-bond donors (Lipinski definition) is 0. The normalized spacial score (nSPS) is 12.7. The molecule has 0 aromatic carbocycles. The summed E-state index contributed by atoms with van der Waals surface area (Å²) in [7, 11) is 4.26. The Morgan fingerprint density at radius 3 is 1.80 bits per heavy atom. The van der Waals surface area contributed by atoms with E-state index >= 15 is 0 Å². The summed E-state index contributed by atoms with van der Waals surface area (Å²) in [5.74, 6) is 0. The molecule has 0 aromatic heterocycles. The number of rotatable bonds is 18. The van der Waals surface area contributed by atoms with E-state index in [1.807, 2.05) is 0 Å². The maximum absolute atomic E-state index is 5.81. The quantitative estimate of drug-likeness (QED) is 0.188. The van der Waals surface area contributed by atoms with Crippen LogP contribution in [0.4, 0.5) is 0 Å². The molecule has 3 heteroatoms. The molecule has 152 valence electrons. The Kier molecular flexibility index (Phi) is 23.9. The number of hydrogen-bond acceptors (Lipinski definition) is 2. The van der Waals surface area contributed by atoms with Crippen molar-refractivity contribution < 1.29 is 4.74 Å². The maximum atomic E-state index is 5.81. The third-order valence-corrected chi connectivity index (χ3v) is 4.51. The fourth-order valence-corrected chi connectivity index (χ4v) is 3.14. The van der Waals surface area contributed by atoms with Crippen LogP contribution in [-0.2, 0) is 4.74 Å². The summed E-state index contributed by atoms with van der Waals surface area (Å²) in [5, 5.41) is 0. The fourth-order valence-electron chi connectivity index (χ4n) is 3.14. The smallest absolute Gasteiger partial charge is 0.0701 e. The molecule has 1 atom stereocenters. The van der Waals surface area contributed by atoms with Crippen LogP contribution in [0.5, 0.6) is 0 Å². The SMILES string of the molecule is CCCCCCCC/C=C\CCCCCCC(CN(C)C)OCC.Cl. The van der Waals surface area contributed by atoms with Gasteiger partial charge in [-0.3, -0.25) is 0 Å². The summed E-state index contributed by atoms with van der Waals surface area (Å²) in [4.78, 5) is 2.23. The highest BCUT2D eigenvalue weighted by Crippen LogP contribution is 2.11. The second-order valence-electron chi connectivity index (χ2n) is 7.36. The first kappa shape index (κ1) is 27.2. The zero-order chi connectivity index (χ0) is 17.9. The first-order valence-electron chi connectivity index (χ1n) is 10.6. The lowest BCUT2D eigenvalue weighted by molar-refractivity contribution is 0.0369. The molecule has 0 spiro atoms. The van der Waals surface area contributed by atoms with E-state index < -0.39 is 0 Å². The third-order valence-electron chi connectivity index (χ3n) is 4.51. The lowest BCUT2D eigenvalue weighted by Gasteiger charge is -2.20. The second-order valence-corrected chi connectivity index (χ2v) is 7.36. The van der Waals surface area contributed by atoms with Gasteiger partial charge in [0, 0.05) is 13.2 Å². The number of unbranched alkanes of at least 4 members (excludes halogenated alkanes) is 10. The molecule has 2 nitrogen and oxygen atoms in total. The van der Waals surface area contributed by atoms with E-state index in [4.69, 9.17) is 4.74 Å². The highest BCUT2D eigenvalue weighted by molar-refractivity contribution is 5.85. The van der Waals surface area contributed by atoms with E-state index in [0.29, 0.717) is 6.10 Å². The molecule has 0 N–H and O–H groups in total. The van der Waals surface area contributed by atoms with Crippen LogP contribution in [0.25, 0.3) is 0 Å². The largest absolute Gasteiger partial charge is 0.377 e. The molecule has 0 bridgehead atoms. The number of allylic oxidation sites excluding steroid dienone is 2. The minimum Gasteiger partial charge on any atom is -0.377 e. The minimum atomic E-state index is 0. The van der Waals surface area contributed by atoms with Crippen molar-refractivity contribution in [3.63, 3.8) is 0 Å². The predicted molar refractivity (Wildman–Crippen MR) is 116 cm³/mol. The van der Waals surface area contributed by atoms with Crippen molar-refractivity contribution in [2.75, 3.05) is 27.2 Å². The Hall–Kier alpha value is -0.0500. The van der Waals surface area contributed by atoms with Gasteiger partial charge in [-0.2, -0.15) is 0 Å². The molecule has 0 radical (unpaired) electrons. The van der Waals surface area contributed by atoms with E-state index in [1.54, 1.807) is 0 Å². The first-order valence-corrected chi connectivity index (χ1v) is 10.6. The number of nitrogens with zero attached hydrogens (tertiary/aromatic N) is 1. The highest BCUT2D eigenvalue weighted by atomic mass is 35.5. The molecule has 0 aliphatic rings. The van der Waals surface area contributed by atoms with Gasteiger partial charge in [0.25, 0.3) is 0 Å². The van der Waals surface area contributed by atoms with Crippen molar-refractivity contribution in [3.8, 4) is 0 Å². The van der Waals surface area contributed by atoms with Crippen molar-refractivity contribution >= 4 is 12.4 Å². The number of halogens is 1. The predicted octanol–water partition coefficient (Wildman–Crippen LogP) is 7.02. The van der Waals surface area contributed by atoms with Crippen LogP contribution < -0.4 is 0 Å². The van der Waals surface area contributed by atoms with Crippen molar-refractivity contribution in [2.24, 2.45) is 0 Å². The van der Waals surface area contributed by atoms with Crippen molar-refractivity contribution in [1.82, 2.24) is 4.90 Å². The summed E-state index contributed by atoms with van der Waals surface area (Å²) in [6.07, 6.45) is 22.8. The molecule has 0 heterocycles. The van der Waals surface area contributed by atoms with Crippen LogP contribution in [0.1, 0.15) is 97.3 Å². The Morgan fingerprint density at radius 2 is 1.28 bits per heavy atom. The molecule has 0 rings (SSSR count). The maximum Gasteiger partial charge on any atom is 0.0701 e. The molecule has 0 aliphatic carbocycles. The molecule has 25 heavy (non-hydrogen) atoms. The van der Waals surface area contributed by atoms with E-state index in [-0.39, 0.29) is 12.4 Å². The monoisotopic (exact) mass is 375 g/mol. The molecule has 0 aromatic rings. The van der Waals surface area contributed by atoms with Crippen LogP contribution in [0.2, 0.25) is 0 Å². The molecule has 0 saturated heterocycles. The zero-order valence-electron chi connectivity index (χ0n) is 17.6. The van der Waals surface area contributed by atoms with E-state index in [1.165, 1.54) is 83.5 Å². The van der Waals surface area contributed by atoms with Crippen LogP contribution >= 0.6 is 12.4 Å². The van der Waals surface area contributed by atoms with Gasteiger partial charge < -0.3 is 9.64 Å². The Morgan fingerprint density at radius 1 is 0.760 bits per heavy atom. The summed E-state index contributed by atoms with van der Waals surface area (Å²) < 4.78 is 5.81. The van der Waals surface area contributed by atoms with Gasteiger partial charge >= 0.3 is 0 Å². The lowest BCUT2D eigenvalue weighted by atomic mass is 10.1. The van der Waals surface area contributed by atoms with Gasteiger partial charge in [-0.1, -0.05) is 70.4 Å². The van der Waals surface area contributed by atoms with Crippen LogP contribution in [-0.4, -0.2) is 38.3 Å². The summed E-state index contributed by atoms with van der Waals surface area (Å²) in [5.41, 5.74) is 0. The van der Waals surface area contributed by atoms with Crippen molar-refractivity contribution in [3.05, 3.63) is 12.2 Å². The Balaban J connectivity index is 0. The third kappa shape index (κ3) is 21.9. The van der Waals surface area contributed by atoms with E-state index in [0.717, 1.165) is 13.2 Å². The van der Waals surface area contributed by atoms with Gasteiger partial charge in [-0.05, 0) is 53.1 Å². The summed E-state index contributed by atoms with van der Waals surface area (Å²) in [6, 6.07) is 0. The molecule has 0 aliphatic heterocycles. The van der Waals surface area contributed by atoms with Gasteiger partial charge in [0.05, 0.1) is 6.10 Å². The number of likely N-dealkylation sites (N-methyl/N-ethyl adjacent to an activating group) is 1.